The Hall–Kier alpha value is -1.61. The Labute approximate surface area is 129 Å². The van der Waals surface area contributed by atoms with Gasteiger partial charge in [-0.25, -0.2) is 8.42 Å². The molecule has 1 unspecified atom stereocenters. The van der Waals surface area contributed by atoms with Crippen molar-refractivity contribution in [1.29, 1.82) is 0 Å². The second-order valence-corrected chi connectivity index (χ2v) is 7.33. The van der Waals surface area contributed by atoms with Crippen molar-refractivity contribution in [2.45, 2.75) is 19.4 Å². The highest BCUT2D eigenvalue weighted by Gasteiger charge is 2.35. The van der Waals surface area contributed by atoms with Gasteiger partial charge in [-0.2, -0.15) is 0 Å². The number of carbonyl (C=O) groups excluding carboxylic acids is 1. The zero-order chi connectivity index (χ0) is 16.2. The van der Waals surface area contributed by atoms with Gasteiger partial charge in [0.15, 0.2) is 9.84 Å². The van der Waals surface area contributed by atoms with E-state index in [1.165, 1.54) is 18.1 Å². The van der Waals surface area contributed by atoms with Crippen LogP contribution >= 0.6 is 0 Å². The SMILES string of the molecule is CCOc1cc(C(=O)N(CCOC)C2CCS(=O)(=O)C2)[nH]n1. The second-order valence-electron chi connectivity index (χ2n) is 5.10. The maximum Gasteiger partial charge on any atom is 0.272 e. The van der Waals surface area contributed by atoms with E-state index in [2.05, 4.69) is 10.2 Å². The van der Waals surface area contributed by atoms with Gasteiger partial charge in [0.2, 0.25) is 5.88 Å². The molecule has 124 valence electrons. The third-order valence-corrected chi connectivity index (χ3v) is 5.27. The Balaban J connectivity index is 2.15. The number of amides is 1. The number of hydrogen-bond donors (Lipinski definition) is 1. The van der Waals surface area contributed by atoms with Crippen LogP contribution in [0.25, 0.3) is 0 Å². The summed E-state index contributed by atoms with van der Waals surface area (Å²) in [5, 5.41) is 6.54. The van der Waals surface area contributed by atoms with Crippen molar-refractivity contribution in [3.05, 3.63) is 11.8 Å². The first-order chi connectivity index (χ1) is 10.5. The summed E-state index contributed by atoms with van der Waals surface area (Å²) in [4.78, 5) is 14.2. The topological polar surface area (TPSA) is 102 Å². The molecule has 1 aliphatic heterocycles. The minimum atomic E-state index is -3.07. The number of ether oxygens (including phenoxy) is 2. The number of nitrogens with one attached hydrogen (secondary N) is 1. The van der Waals surface area contributed by atoms with E-state index in [4.69, 9.17) is 9.47 Å². The van der Waals surface area contributed by atoms with E-state index in [1.54, 1.807) is 0 Å². The number of aromatic nitrogens is 2. The van der Waals surface area contributed by atoms with Gasteiger partial charge < -0.3 is 14.4 Å². The molecule has 0 aliphatic carbocycles. The molecule has 0 saturated carbocycles. The van der Waals surface area contributed by atoms with Crippen molar-refractivity contribution < 1.29 is 22.7 Å². The van der Waals surface area contributed by atoms with E-state index in [1.807, 2.05) is 6.92 Å². The van der Waals surface area contributed by atoms with E-state index < -0.39 is 9.84 Å². The Kier molecular flexibility index (Phi) is 5.41. The fraction of sp³-hybridized carbons (Fsp3) is 0.692. The molecule has 1 N–H and O–H groups in total. The van der Waals surface area contributed by atoms with Crippen LogP contribution in [0.1, 0.15) is 23.8 Å². The molecule has 2 heterocycles. The van der Waals surface area contributed by atoms with E-state index in [0.29, 0.717) is 32.1 Å². The summed E-state index contributed by atoms with van der Waals surface area (Å²) in [6, 6.07) is 1.20. The molecule has 9 heteroatoms. The monoisotopic (exact) mass is 331 g/mol. The van der Waals surface area contributed by atoms with Gasteiger partial charge in [0, 0.05) is 25.8 Å². The molecule has 1 amide bonds. The molecule has 8 nitrogen and oxygen atoms in total. The predicted octanol–water partition coefficient (Wildman–Crippen LogP) is 0.0841. The van der Waals surface area contributed by atoms with Gasteiger partial charge in [0.25, 0.3) is 5.91 Å². The lowest BCUT2D eigenvalue weighted by Crippen LogP contribution is -2.43. The maximum absolute atomic E-state index is 12.6. The number of aromatic amines is 1. The van der Waals surface area contributed by atoms with Crippen molar-refractivity contribution in [1.82, 2.24) is 15.1 Å². The van der Waals surface area contributed by atoms with Gasteiger partial charge in [0.05, 0.1) is 24.7 Å². The first-order valence-corrected chi connectivity index (χ1v) is 8.97. The van der Waals surface area contributed by atoms with Gasteiger partial charge in [-0.15, -0.1) is 5.10 Å². The summed E-state index contributed by atoms with van der Waals surface area (Å²) >= 11 is 0. The van der Waals surface area contributed by atoms with Crippen LogP contribution in [0.3, 0.4) is 0 Å². The van der Waals surface area contributed by atoms with Crippen LogP contribution in [0.15, 0.2) is 6.07 Å². The fourth-order valence-corrected chi connectivity index (χ4v) is 4.18. The molecule has 1 aromatic rings. The van der Waals surface area contributed by atoms with Crippen molar-refractivity contribution in [3.8, 4) is 5.88 Å². The molecule has 1 aliphatic rings. The largest absolute Gasteiger partial charge is 0.477 e. The maximum atomic E-state index is 12.6. The molecular formula is C13H21N3O5S. The first-order valence-electron chi connectivity index (χ1n) is 7.15. The average Bonchev–Trinajstić information content (AvgIpc) is 3.06. The van der Waals surface area contributed by atoms with Crippen LogP contribution in [0.5, 0.6) is 5.88 Å². The standard InChI is InChI=1S/C13H21N3O5S/c1-3-21-12-8-11(14-15-12)13(17)16(5-6-20-2)10-4-7-22(18,19)9-10/h8,10H,3-7,9H2,1-2H3,(H,14,15). The van der Waals surface area contributed by atoms with Crippen molar-refractivity contribution in [3.63, 3.8) is 0 Å². The molecule has 1 fully saturated rings. The van der Waals surface area contributed by atoms with E-state index in [9.17, 15) is 13.2 Å². The normalized spacial score (nSPS) is 20.0. The highest BCUT2D eigenvalue weighted by atomic mass is 32.2. The van der Waals surface area contributed by atoms with Gasteiger partial charge in [-0.3, -0.25) is 9.89 Å². The van der Waals surface area contributed by atoms with Crippen molar-refractivity contribution >= 4 is 15.7 Å². The Morgan fingerprint density at radius 1 is 1.55 bits per heavy atom. The van der Waals surface area contributed by atoms with Crippen LogP contribution < -0.4 is 4.74 Å². The number of H-pyrrole nitrogens is 1. The molecule has 1 aromatic heterocycles. The van der Waals surface area contributed by atoms with Crippen molar-refractivity contribution in [2.24, 2.45) is 0 Å². The number of hydrogen-bond acceptors (Lipinski definition) is 6. The minimum Gasteiger partial charge on any atom is -0.477 e. The molecule has 1 atom stereocenters. The van der Waals surface area contributed by atoms with Gasteiger partial charge >= 0.3 is 0 Å². The smallest absolute Gasteiger partial charge is 0.272 e. The quantitative estimate of drug-likeness (QED) is 0.759. The third kappa shape index (κ3) is 3.98. The Bertz CT molecular complexity index is 613. The van der Waals surface area contributed by atoms with Crippen molar-refractivity contribution in [2.75, 3.05) is 38.4 Å². The van der Waals surface area contributed by atoms with E-state index in [-0.39, 0.29) is 29.1 Å². The van der Waals surface area contributed by atoms with Crippen LogP contribution in [-0.2, 0) is 14.6 Å². The lowest BCUT2D eigenvalue weighted by Gasteiger charge is -2.27. The summed E-state index contributed by atoms with van der Waals surface area (Å²) < 4.78 is 33.6. The molecule has 2 rings (SSSR count). The van der Waals surface area contributed by atoms with Crippen LogP contribution in [0, 0.1) is 0 Å². The van der Waals surface area contributed by atoms with Crippen LogP contribution in [-0.4, -0.2) is 73.8 Å². The average molecular weight is 331 g/mol. The zero-order valence-electron chi connectivity index (χ0n) is 12.7. The second kappa shape index (κ2) is 7.10. The third-order valence-electron chi connectivity index (χ3n) is 3.52. The highest BCUT2D eigenvalue weighted by molar-refractivity contribution is 7.91. The lowest BCUT2D eigenvalue weighted by atomic mass is 10.2. The fourth-order valence-electron chi connectivity index (χ4n) is 2.45. The number of carbonyl (C=O) groups is 1. The predicted molar refractivity (Wildman–Crippen MR) is 79.7 cm³/mol. The molecule has 0 radical (unpaired) electrons. The van der Waals surface area contributed by atoms with Gasteiger partial charge in [0.1, 0.15) is 5.69 Å². The van der Waals surface area contributed by atoms with Gasteiger partial charge in [-0.1, -0.05) is 0 Å². The number of methoxy groups -OCH3 is 1. The minimum absolute atomic E-state index is 0.00505. The Morgan fingerprint density at radius 3 is 2.91 bits per heavy atom. The first kappa shape index (κ1) is 16.8. The zero-order valence-corrected chi connectivity index (χ0v) is 13.6. The summed E-state index contributed by atoms with van der Waals surface area (Å²) in [6.07, 6.45) is 0.449. The van der Waals surface area contributed by atoms with E-state index >= 15 is 0 Å². The van der Waals surface area contributed by atoms with Crippen LogP contribution in [0.2, 0.25) is 0 Å². The molecule has 22 heavy (non-hydrogen) atoms. The number of sulfone groups is 1. The number of nitrogens with zero attached hydrogens (tertiary/aromatic N) is 2. The summed E-state index contributed by atoms with van der Waals surface area (Å²) in [7, 11) is -1.53. The van der Waals surface area contributed by atoms with Crippen LogP contribution in [0.4, 0.5) is 0 Å². The lowest BCUT2D eigenvalue weighted by molar-refractivity contribution is 0.0618. The molecule has 0 spiro atoms. The van der Waals surface area contributed by atoms with E-state index in [0.717, 1.165) is 0 Å². The molecule has 1 saturated heterocycles. The molecule has 0 bridgehead atoms. The Morgan fingerprint density at radius 2 is 2.32 bits per heavy atom. The molecule has 0 aromatic carbocycles. The highest BCUT2D eigenvalue weighted by Crippen LogP contribution is 2.20. The summed E-state index contributed by atoms with van der Waals surface area (Å²) in [5.41, 5.74) is 0.281. The summed E-state index contributed by atoms with van der Waals surface area (Å²) in [5.74, 6) is 0.158. The number of rotatable bonds is 7. The molecular weight excluding hydrogens is 310 g/mol. The van der Waals surface area contributed by atoms with Gasteiger partial charge in [-0.05, 0) is 13.3 Å². The summed E-state index contributed by atoms with van der Waals surface area (Å²) in [6.45, 7) is 2.95.